The molecule has 2 aromatic rings. The van der Waals surface area contributed by atoms with Crippen LogP contribution in [0.2, 0.25) is 0 Å². The third kappa shape index (κ3) is 5.82. The molecule has 0 bridgehead atoms. The Bertz CT molecular complexity index is 881. The van der Waals surface area contributed by atoms with E-state index in [4.69, 9.17) is 0 Å². The Morgan fingerprint density at radius 2 is 1.56 bits per heavy atom. The fourth-order valence-corrected chi connectivity index (χ4v) is 3.62. The predicted octanol–water partition coefficient (Wildman–Crippen LogP) is 3.49. The third-order valence-electron chi connectivity index (χ3n) is 4.34. The van der Waals surface area contributed by atoms with Gasteiger partial charge in [0.05, 0.1) is 18.5 Å². The van der Waals surface area contributed by atoms with E-state index in [9.17, 15) is 13.2 Å². The number of carbonyl (C=O) groups excluding carboxylic acids is 1. The number of hydrogen-bond donors (Lipinski definition) is 1. The largest absolute Gasteiger partial charge is 0.350 e. The molecule has 0 spiro atoms. The highest BCUT2D eigenvalue weighted by Crippen LogP contribution is 2.25. The van der Waals surface area contributed by atoms with Gasteiger partial charge in [-0.05, 0) is 42.2 Å². The summed E-state index contributed by atoms with van der Waals surface area (Å²) in [4.78, 5) is 12.2. The van der Waals surface area contributed by atoms with Gasteiger partial charge in [0.1, 0.15) is 0 Å². The molecule has 0 saturated heterocycles. The Hall–Kier alpha value is -2.34. The van der Waals surface area contributed by atoms with Crippen molar-refractivity contribution in [3.8, 4) is 0 Å². The first-order valence-electron chi connectivity index (χ1n) is 8.91. The fourth-order valence-electron chi connectivity index (χ4n) is 2.69. The number of amides is 1. The highest BCUT2D eigenvalue weighted by molar-refractivity contribution is 7.92. The third-order valence-corrected chi connectivity index (χ3v) is 5.53. The van der Waals surface area contributed by atoms with Crippen molar-refractivity contribution in [1.29, 1.82) is 0 Å². The predicted molar refractivity (Wildman–Crippen MR) is 111 cm³/mol. The van der Waals surface area contributed by atoms with Crippen molar-refractivity contribution < 1.29 is 13.2 Å². The standard InChI is InChI=1S/C21H28N2O3S/c1-16-6-8-17(9-7-16)20(24)22-14-15-23(27(5,25)26)19-12-10-18(11-13-19)21(2,3)4/h6-13H,14-15H2,1-5H3,(H,22,24). The molecule has 0 aromatic heterocycles. The molecule has 0 aliphatic heterocycles. The number of nitrogens with zero attached hydrogens (tertiary/aromatic N) is 1. The molecule has 0 unspecified atom stereocenters. The lowest BCUT2D eigenvalue weighted by Crippen LogP contribution is -2.38. The van der Waals surface area contributed by atoms with E-state index in [0.29, 0.717) is 11.3 Å². The zero-order valence-corrected chi connectivity index (χ0v) is 17.4. The van der Waals surface area contributed by atoms with Crippen LogP contribution < -0.4 is 9.62 Å². The number of hydrogen-bond acceptors (Lipinski definition) is 3. The first kappa shape index (κ1) is 21.0. The average molecular weight is 389 g/mol. The maximum absolute atomic E-state index is 12.2. The number of sulfonamides is 1. The Balaban J connectivity index is 2.07. The first-order valence-corrected chi connectivity index (χ1v) is 10.8. The van der Waals surface area contributed by atoms with Crippen LogP contribution in [-0.4, -0.2) is 33.7 Å². The second-order valence-electron chi connectivity index (χ2n) is 7.75. The van der Waals surface area contributed by atoms with Crippen LogP contribution in [0.25, 0.3) is 0 Å². The van der Waals surface area contributed by atoms with Gasteiger partial charge in [0.25, 0.3) is 5.91 Å². The molecule has 0 aliphatic rings. The van der Waals surface area contributed by atoms with Crippen LogP contribution in [0.15, 0.2) is 48.5 Å². The van der Waals surface area contributed by atoms with Gasteiger partial charge in [-0.3, -0.25) is 9.10 Å². The lowest BCUT2D eigenvalue weighted by molar-refractivity contribution is 0.0955. The van der Waals surface area contributed by atoms with Gasteiger partial charge in [-0.25, -0.2) is 8.42 Å². The summed E-state index contributed by atoms with van der Waals surface area (Å²) >= 11 is 0. The van der Waals surface area contributed by atoms with Gasteiger partial charge in [-0.1, -0.05) is 50.6 Å². The molecule has 27 heavy (non-hydrogen) atoms. The molecule has 2 aromatic carbocycles. The molecule has 0 heterocycles. The minimum Gasteiger partial charge on any atom is -0.350 e. The maximum Gasteiger partial charge on any atom is 0.251 e. The molecule has 1 amide bonds. The molecule has 0 atom stereocenters. The highest BCUT2D eigenvalue weighted by Gasteiger charge is 2.19. The Morgan fingerprint density at radius 3 is 2.04 bits per heavy atom. The van der Waals surface area contributed by atoms with E-state index in [1.54, 1.807) is 12.1 Å². The van der Waals surface area contributed by atoms with Crippen LogP contribution in [-0.2, 0) is 15.4 Å². The summed E-state index contributed by atoms with van der Waals surface area (Å²) in [5.74, 6) is -0.216. The summed E-state index contributed by atoms with van der Waals surface area (Å²) in [5.41, 5.74) is 3.35. The van der Waals surface area contributed by atoms with Gasteiger partial charge < -0.3 is 5.32 Å². The summed E-state index contributed by atoms with van der Waals surface area (Å²) in [6, 6.07) is 14.8. The van der Waals surface area contributed by atoms with Gasteiger partial charge in [-0.15, -0.1) is 0 Å². The zero-order chi connectivity index (χ0) is 20.2. The number of benzene rings is 2. The summed E-state index contributed by atoms with van der Waals surface area (Å²) in [5, 5.41) is 2.78. The molecule has 0 saturated carbocycles. The van der Waals surface area contributed by atoms with Crippen LogP contribution >= 0.6 is 0 Å². The van der Waals surface area contributed by atoms with E-state index >= 15 is 0 Å². The van der Waals surface area contributed by atoms with Crippen molar-refractivity contribution in [2.45, 2.75) is 33.1 Å². The van der Waals surface area contributed by atoms with Crippen molar-refractivity contribution in [2.24, 2.45) is 0 Å². The first-order chi connectivity index (χ1) is 12.5. The minimum absolute atomic E-state index is 0.00351. The topological polar surface area (TPSA) is 66.5 Å². The van der Waals surface area contributed by atoms with Crippen molar-refractivity contribution >= 4 is 21.6 Å². The van der Waals surface area contributed by atoms with Crippen molar-refractivity contribution in [3.05, 3.63) is 65.2 Å². The summed E-state index contributed by atoms with van der Waals surface area (Å²) in [7, 11) is -3.45. The van der Waals surface area contributed by atoms with E-state index in [0.717, 1.165) is 11.1 Å². The van der Waals surface area contributed by atoms with E-state index in [-0.39, 0.29) is 24.4 Å². The normalized spacial score (nSPS) is 11.9. The van der Waals surface area contributed by atoms with E-state index in [2.05, 4.69) is 26.1 Å². The van der Waals surface area contributed by atoms with Crippen LogP contribution in [0.4, 0.5) is 5.69 Å². The Morgan fingerprint density at radius 1 is 1.00 bits per heavy atom. The fraction of sp³-hybridized carbons (Fsp3) is 0.381. The molecule has 0 aliphatic carbocycles. The molecule has 2 rings (SSSR count). The number of nitrogens with one attached hydrogen (secondary N) is 1. The molecule has 5 nitrogen and oxygen atoms in total. The van der Waals surface area contributed by atoms with Gasteiger partial charge in [0.2, 0.25) is 10.0 Å². The molecule has 0 fully saturated rings. The molecular formula is C21H28N2O3S. The van der Waals surface area contributed by atoms with Crippen molar-refractivity contribution in [2.75, 3.05) is 23.7 Å². The van der Waals surface area contributed by atoms with Crippen LogP contribution in [0.3, 0.4) is 0 Å². The van der Waals surface area contributed by atoms with Gasteiger partial charge >= 0.3 is 0 Å². The minimum atomic E-state index is -3.45. The van der Waals surface area contributed by atoms with Gasteiger partial charge in [0, 0.05) is 12.1 Å². The number of carbonyl (C=O) groups is 1. The van der Waals surface area contributed by atoms with Crippen molar-refractivity contribution in [3.63, 3.8) is 0 Å². The molecular weight excluding hydrogens is 360 g/mol. The molecule has 1 N–H and O–H groups in total. The van der Waals surface area contributed by atoms with E-state index < -0.39 is 10.0 Å². The van der Waals surface area contributed by atoms with Crippen LogP contribution in [0.5, 0.6) is 0 Å². The lowest BCUT2D eigenvalue weighted by Gasteiger charge is -2.24. The van der Waals surface area contributed by atoms with E-state index in [1.807, 2.05) is 43.3 Å². The average Bonchev–Trinajstić information content (AvgIpc) is 2.57. The van der Waals surface area contributed by atoms with Gasteiger partial charge in [0.15, 0.2) is 0 Å². The van der Waals surface area contributed by atoms with Crippen molar-refractivity contribution in [1.82, 2.24) is 5.32 Å². The Kier molecular flexibility index (Phi) is 6.31. The van der Waals surface area contributed by atoms with Crippen LogP contribution in [0, 0.1) is 6.92 Å². The monoisotopic (exact) mass is 388 g/mol. The summed E-state index contributed by atoms with van der Waals surface area (Å²) < 4.78 is 25.7. The number of anilines is 1. The number of rotatable bonds is 6. The number of aryl methyl sites for hydroxylation is 1. The lowest BCUT2D eigenvalue weighted by atomic mass is 9.87. The molecule has 146 valence electrons. The highest BCUT2D eigenvalue weighted by atomic mass is 32.2. The molecule has 6 heteroatoms. The Labute approximate surface area is 162 Å². The zero-order valence-electron chi connectivity index (χ0n) is 16.6. The second kappa shape index (κ2) is 8.13. The molecule has 0 radical (unpaired) electrons. The van der Waals surface area contributed by atoms with E-state index in [1.165, 1.54) is 10.6 Å². The summed E-state index contributed by atoms with van der Waals surface area (Å²) in [6.45, 7) is 8.67. The SMILES string of the molecule is Cc1ccc(C(=O)NCCN(c2ccc(C(C)(C)C)cc2)S(C)(=O)=O)cc1. The van der Waals surface area contributed by atoms with Crippen LogP contribution in [0.1, 0.15) is 42.3 Å². The van der Waals surface area contributed by atoms with Gasteiger partial charge in [-0.2, -0.15) is 0 Å². The second-order valence-corrected chi connectivity index (χ2v) is 9.66. The summed E-state index contributed by atoms with van der Waals surface area (Å²) in [6.07, 6.45) is 1.17. The quantitative estimate of drug-likeness (QED) is 0.824. The maximum atomic E-state index is 12.2. The smallest absolute Gasteiger partial charge is 0.251 e.